The van der Waals surface area contributed by atoms with E-state index in [1.54, 1.807) is 0 Å². The Kier molecular flexibility index (Phi) is 16.3. The summed E-state index contributed by atoms with van der Waals surface area (Å²) in [5.41, 5.74) is -1.26. The van der Waals surface area contributed by atoms with Crippen molar-refractivity contribution in [2.75, 3.05) is 26.4 Å². The molecule has 0 atom stereocenters. The molecule has 0 spiro atoms. The molecule has 2 aliphatic heterocycles. The van der Waals surface area contributed by atoms with Gasteiger partial charge in [0.25, 0.3) is 0 Å². The standard InChI is InChI=1S/C47H42F4O16/c1-3-37(52)59-27-11-7-5-9-25-57-30-15-13-29(14-16-30)43(54)62-35-23-22-34(40-41(35)66-47(50,51)65-40)45(56)63-36-24-21-33(39-42(36)67-46(48,49)64-39)44(55)61-32-19-17-31(18-20-32)58-26-10-6-8-12-28-60-38(53)4-2/h3-4,13-24H,1-2,5-12,25-28H2. The van der Waals surface area contributed by atoms with Gasteiger partial charge in [0.05, 0.1) is 32.0 Å². The van der Waals surface area contributed by atoms with E-state index in [1.165, 1.54) is 48.5 Å². The van der Waals surface area contributed by atoms with E-state index in [2.05, 4.69) is 32.1 Å². The Balaban J connectivity index is 1.04. The molecule has 0 bridgehead atoms. The largest absolute Gasteiger partial charge is 0.586 e. The summed E-state index contributed by atoms with van der Waals surface area (Å²) in [5, 5.41) is 0. The zero-order chi connectivity index (χ0) is 48.0. The van der Waals surface area contributed by atoms with Crippen molar-refractivity contribution < 1.29 is 93.6 Å². The molecule has 0 aromatic heterocycles. The molecule has 354 valence electrons. The molecule has 20 heteroatoms. The van der Waals surface area contributed by atoms with Gasteiger partial charge in [-0.25, -0.2) is 24.0 Å². The van der Waals surface area contributed by atoms with Crippen LogP contribution in [0.2, 0.25) is 0 Å². The van der Waals surface area contributed by atoms with Crippen molar-refractivity contribution >= 4 is 29.8 Å². The minimum Gasteiger partial charge on any atom is -0.494 e. The van der Waals surface area contributed by atoms with Crippen molar-refractivity contribution in [3.05, 3.63) is 115 Å². The minimum absolute atomic E-state index is 0.00486. The number of ether oxygens (including phenoxy) is 11. The minimum atomic E-state index is -4.33. The van der Waals surface area contributed by atoms with Gasteiger partial charge in [-0.2, -0.15) is 0 Å². The summed E-state index contributed by atoms with van der Waals surface area (Å²) in [6.07, 6.45) is -0.389. The molecule has 2 aliphatic rings. The van der Waals surface area contributed by atoms with Crippen LogP contribution in [0.1, 0.15) is 82.4 Å². The highest BCUT2D eigenvalue weighted by molar-refractivity contribution is 5.99. The molecule has 67 heavy (non-hydrogen) atoms. The third-order valence-electron chi connectivity index (χ3n) is 9.44. The average Bonchev–Trinajstić information content (AvgIpc) is 3.83. The molecule has 4 aromatic rings. The topological polar surface area (TPSA) is 187 Å². The molecule has 6 rings (SSSR count). The van der Waals surface area contributed by atoms with E-state index in [4.69, 9.17) is 33.2 Å². The van der Waals surface area contributed by atoms with E-state index < -0.39 is 88.1 Å². The number of hydrogen-bond acceptors (Lipinski definition) is 16. The molecule has 0 saturated carbocycles. The van der Waals surface area contributed by atoms with Gasteiger partial charge in [-0.05, 0) is 124 Å². The lowest BCUT2D eigenvalue weighted by Crippen LogP contribution is -2.26. The Bertz CT molecular complexity index is 2450. The normalized spacial score (nSPS) is 13.4. The highest BCUT2D eigenvalue weighted by Crippen LogP contribution is 2.52. The molecule has 16 nitrogen and oxygen atoms in total. The molecule has 0 saturated heterocycles. The zero-order valence-corrected chi connectivity index (χ0v) is 35.5. The lowest BCUT2D eigenvalue weighted by atomic mass is 10.1. The predicted molar refractivity (Wildman–Crippen MR) is 223 cm³/mol. The Morgan fingerprint density at radius 2 is 0.821 bits per heavy atom. The van der Waals surface area contributed by atoms with Crippen LogP contribution in [-0.2, 0) is 19.1 Å². The molecular formula is C47H42F4O16. The quantitative estimate of drug-likeness (QED) is 0.0212. The number of esters is 5. The number of rotatable bonds is 24. The third-order valence-corrected chi connectivity index (χ3v) is 9.44. The molecule has 0 fully saturated rings. The highest BCUT2D eigenvalue weighted by atomic mass is 19.3. The number of halogens is 4. The Labute approximate surface area is 379 Å². The summed E-state index contributed by atoms with van der Waals surface area (Å²) in [5.74, 6) is -8.42. The first kappa shape index (κ1) is 48.7. The fourth-order valence-electron chi connectivity index (χ4n) is 6.21. The summed E-state index contributed by atoms with van der Waals surface area (Å²) in [7, 11) is 0. The first-order valence-corrected chi connectivity index (χ1v) is 20.7. The zero-order valence-electron chi connectivity index (χ0n) is 35.5. The first-order valence-electron chi connectivity index (χ1n) is 20.7. The van der Waals surface area contributed by atoms with Gasteiger partial charge in [0.2, 0.25) is 11.5 Å². The lowest BCUT2D eigenvalue weighted by Gasteiger charge is -2.12. The number of unbranched alkanes of at least 4 members (excludes halogenated alkanes) is 6. The van der Waals surface area contributed by atoms with Gasteiger partial charge in [-0.15, -0.1) is 17.6 Å². The molecule has 0 aliphatic carbocycles. The second-order valence-electron chi connectivity index (χ2n) is 14.3. The number of carbonyl (C=O) groups is 5. The summed E-state index contributed by atoms with van der Waals surface area (Å²) in [6.45, 7) is 8.01. The molecule has 4 aromatic carbocycles. The summed E-state index contributed by atoms with van der Waals surface area (Å²) in [4.78, 5) is 61.8. The van der Waals surface area contributed by atoms with Gasteiger partial charge < -0.3 is 52.1 Å². The van der Waals surface area contributed by atoms with Crippen molar-refractivity contribution in [1.82, 2.24) is 0 Å². The van der Waals surface area contributed by atoms with Gasteiger partial charge in [-0.3, -0.25) is 0 Å². The second-order valence-corrected chi connectivity index (χ2v) is 14.3. The average molecular weight is 939 g/mol. The van der Waals surface area contributed by atoms with Crippen molar-refractivity contribution in [2.45, 2.75) is 64.0 Å². The van der Waals surface area contributed by atoms with E-state index in [-0.39, 0.29) is 11.3 Å². The number of fused-ring (bicyclic) bond motifs is 2. The first-order chi connectivity index (χ1) is 32.1. The van der Waals surface area contributed by atoms with Crippen molar-refractivity contribution in [3.8, 4) is 51.7 Å². The molecule has 2 heterocycles. The number of alkyl halides is 4. The van der Waals surface area contributed by atoms with Gasteiger partial charge in [0.15, 0.2) is 23.0 Å². The van der Waals surface area contributed by atoms with Crippen molar-refractivity contribution in [1.29, 1.82) is 0 Å². The molecule has 0 radical (unpaired) electrons. The SMILES string of the molecule is C=CC(=O)OCCCCCCOc1ccc(OC(=O)c2ccc(OC(=O)c3ccc(OC(=O)c4ccc(OCCCCCCOC(=O)C=C)cc4)c4c3OC(F)(F)O4)c3c2OC(F)(F)O3)cc1. The summed E-state index contributed by atoms with van der Waals surface area (Å²) in [6, 6.07) is 15.3. The highest BCUT2D eigenvalue weighted by Gasteiger charge is 2.49. The van der Waals surface area contributed by atoms with Crippen LogP contribution in [-0.4, -0.2) is 68.9 Å². The molecular weight excluding hydrogens is 896 g/mol. The third kappa shape index (κ3) is 13.6. The number of carbonyl (C=O) groups excluding carboxylic acids is 5. The van der Waals surface area contributed by atoms with Gasteiger partial charge >= 0.3 is 42.4 Å². The Hall–Kier alpha value is -7.77. The van der Waals surface area contributed by atoms with Gasteiger partial charge in [0, 0.05) is 12.2 Å². The lowest BCUT2D eigenvalue weighted by molar-refractivity contribution is -0.288. The van der Waals surface area contributed by atoms with E-state index in [9.17, 15) is 41.5 Å². The number of benzene rings is 4. The molecule has 0 amide bonds. The van der Waals surface area contributed by atoms with Crippen LogP contribution in [0.4, 0.5) is 17.6 Å². The van der Waals surface area contributed by atoms with Crippen LogP contribution < -0.4 is 42.6 Å². The van der Waals surface area contributed by atoms with E-state index in [0.29, 0.717) is 57.2 Å². The number of hydrogen-bond donors (Lipinski definition) is 0. The second kappa shape index (κ2) is 22.4. The van der Waals surface area contributed by atoms with Crippen LogP contribution >= 0.6 is 0 Å². The Morgan fingerprint density at radius 3 is 1.27 bits per heavy atom. The molecule has 0 unspecified atom stereocenters. The monoisotopic (exact) mass is 938 g/mol. The maximum Gasteiger partial charge on any atom is 0.586 e. The summed E-state index contributed by atoms with van der Waals surface area (Å²) >= 11 is 0. The predicted octanol–water partition coefficient (Wildman–Crippen LogP) is 9.32. The van der Waals surface area contributed by atoms with Gasteiger partial charge in [-0.1, -0.05) is 13.2 Å². The van der Waals surface area contributed by atoms with Crippen molar-refractivity contribution in [2.24, 2.45) is 0 Å². The van der Waals surface area contributed by atoms with Crippen LogP contribution in [0.3, 0.4) is 0 Å². The maximum atomic E-state index is 14.5. The van der Waals surface area contributed by atoms with Crippen LogP contribution in [0.25, 0.3) is 0 Å². The van der Waals surface area contributed by atoms with E-state index in [1.807, 2.05) is 0 Å². The maximum absolute atomic E-state index is 14.5. The Morgan fingerprint density at radius 1 is 0.448 bits per heavy atom. The summed E-state index contributed by atoms with van der Waals surface area (Å²) < 4.78 is 113. The fraction of sp³-hybridized carbons (Fsp3) is 0.298. The van der Waals surface area contributed by atoms with Crippen LogP contribution in [0.5, 0.6) is 51.7 Å². The molecule has 0 N–H and O–H groups in total. The fourth-order valence-corrected chi connectivity index (χ4v) is 6.21. The van der Waals surface area contributed by atoms with Gasteiger partial charge in [0.1, 0.15) is 28.4 Å². The van der Waals surface area contributed by atoms with E-state index >= 15 is 0 Å². The van der Waals surface area contributed by atoms with E-state index in [0.717, 1.165) is 68.5 Å². The van der Waals surface area contributed by atoms with Crippen LogP contribution in [0.15, 0.2) is 98.1 Å². The van der Waals surface area contributed by atoms with Crippen molar-refractivity contribution in [3.63, 3.8) is 0 Å². The smallest absolute Gasteiger partial charge is 0.494 e. The van der Waals surface area contributed by atoms with Crippen LogP contribution in [0, 0.1) is 0 Å².